The van der Waals surface area contributed by atoms with E-state index in [-0.39, 0.29) is 61.2 Å². The summed E-state index contributed by atoms with van der Waals surface area (Å²) in [5.41, 5.74) is 1.21. The van der Waals surface area contributed by atoms with Gasteiger partial charge in [0.2, 0.25) is 5.79 Å². The van der Waals surface area contributed by atoms with Crippen LogP contribution in [-0.4, -0.2) is 129 Å². The van der Waals surface area contributed by atoms with Gasteiger partial charge >= 0.3 is 5.97 Å². The quantitative estimate of drug-likeness (QED) is 0.129. The third-order valence-electron chi connectivity index (χ3n) is 14.7. The number of aliphatic hydroxyl groups is 5. The van der Waals surface area contributed by atoms with Gasteiger partial charge in [-0.1, -0.05) is 71.1 Å². The summed E-state index contributed by atoms with van der Waals surface area (Å²) in [7, 11) is 1.57. The molecule has 3 fully saturated rings. The topological polar surface area (TPSA) is 217 Å². The largest absolute Gasteiger partial charge is 0.460 e. The number of ether oxygens (including phenoxy) is 3. The zero-order valence-electron chi connectivity index (χ0n) is 40.1. The van der Waals surface area contributed by atoms with E-state index in [1.807, 2.05) is 51.2 Å². The van der Waals surface area contributed by atoms with Crippen LogP contribution >= 0.6 is 0 Å². The number of aliphatic hydroxyl groups excluding tert-OH is 4. The molecule has 1 saturated carbocycles. The van der Waals surface area contributed by atoms with Gasteiger partial charge in [0.15, 0.2) is 0 Å². The highest BCUT2D eigenvalue weighted by atomic mass is 16.6. The summed E-state index contributed by atoms with van der Waals surface area (Å²) in [5.74, 6) is -9.71. The van der Waals surface area contributed by atoms with Crippen molar-refractivity contribution in [1.29, 1.82) is 0 Å². The van der Waals surface area contributed by atoms with Crippen LogP contribution in [-0.2, 0) is 38.2 Å². The summed E-state index contributed by atoms with van der Waals surface area (Å²) in [4.78, 5) is 71.6. The lowest BCUT2D eigenvalue weighted by Crippen LogP contribution is -2.61. The first-order valence-corrected chi connectivity index (χ1v) is 24.1. The van der Waals surface area contributed by atoms with Crippen LogP contribution in [0, 0.1) is 47.3 Å². The summed E-state index contributed by atoms with van der Waals surface area (Å²) in [6.45, 7) is 11.8. The number of nitrogens with zero attached hydrogens (tertiary/aromatic N) is 1. The van der Waals surface area contributed by atoms with Gasteiger partial charge in [-0.05, 0) is 107 Å². The zero-order valence-corrected chi connectivity index (χ0v) is 40.1. The van der Waals surface area contributed by atoms with Gasteiger partial charge in [0.05, 0.1) is 36.9 Å². The lowest BCUT2D eigenvalue weighted by molar-refractivity contribution is -0.265. The van der Waals surface area contributed by atoms with Gasteiger partial charge in [-0.3, -0.25) is 19.2 Å². The van der Waals surface area contributed by atoms with Gasteiger partial charge in [-0.15, -0.1) is 0 Å². The molecule has 3 heterocycles. The summed E-state index contributed by atoms with van der Waals surface area (Å²) in [5, 5.41) is 54.0. The molecular weight excluding hydrogens is 835 g/mol. The van der Waals surface area contributed by atoms with E-state index in [4.69, 9.17) is 14.2 Å². The van der Waals surface area contributed by atoms with E-state index >= 15 is 0 Å². The third-order valence-corrected chi connectivity index (χ3v) is 14.7. The fourth-order valence-corrected chi connectivity index (χ4v) is 10.3. The summed E-state index contributed by atoms with van der Waals surface area (Å²) in [6, 6.07) is -1.16. The van der Waals surface area contributed by atoms with E-state index in [1.54, 1.807) is 40.9 Å². The number of hydrogen-bond acceptors (Lipinski definition) is 13. The average Bonchev–Trinajstić information content (AvgIpc) is 3.28. The van der Waals surface area contributed by atoms with Crippen molar-refractivity contribution in [3.05, 3.63) is 47.6 Å². The Balaban J connectivity index is 1.70. The Morgan fingerprint density at radius 3 is 2.28 bits per heavy atom. The monoisotopic (exact) mass is 914 g/mol. The van der Waals surface area contributed by atoms with Crippen LogP contribution in [0.2, 0.25) is 0 Å². The Labute approximate surface area is 386 Å². The molecule has 1 amide bonds. The molecule has 0 unspecified atom stereocenters. The second-order valence-electron chi connectivity index (χ2n) is 19.9. The molecule has 0 spiro atoms. The normalized spacial score (nSPS) is 40.4. The SMILES string of the molecule is CO[C@@H]1C[C@@H]2CC[C@@H](C)[C@@](O)(O2)C(=O)C(=O)N2CCCC[C@H]2C(=O)O[C@H]([C@H](C)C[C@@H]2CC[C@@H](O)[C@H](CO)C2)CC(=O)[C@H](C)/C=C(\C)[C@@H](O)[C@@H](CO)C(=O)[C@@H](C)C[C@H](C)/C=C/C=C/C=C/1C. The highest BCUT2D eigenvalue weighted by Gasteiger charge is 2.53. The minimum absolute atomic E-state index is 0.0117. The lowest BCUT2D eigenvalue weighted by Gasteiger charge is -2.42. The molecule has 65 heavy (non-hydrogen) atoms. The molecule has 15 atom stereocenters. The van der Waals surface area contributed by atoms with Crippen molar-refractivity contribution >= 4 is 29.2 Å². The number of fused-ring (bicyclic) bond motifs is 3. The van der Waals surface area contributed by atoms with Crippen molar-refractivity contribution in [3.8, 4) is 0 Å². The van der Waals surface area contributed by atoms with Crippen LogP contribution in [0.5, 0.6) is 0 Å². The number of piperidine rings is 1. The fraction of sp³-hybridized carbons (Fsp3) is 0.745. The number of allylic oxidation sites excluding steroid dienone is 6. The van der Waals surface area contributed by atoms with Gasteiger partial charge in [0.25, 0.3) is 11.7 Å². The standard InChI is InChI=1S/C51H79NO13/c1-30-14-10-9-11-15-31(2)44(63-8)26-39-19-17-36(7)51(62,65-39)48(59)49(60)52-21-13-12-16-41(52)50(61)64-45(33(4)24-37-18-20-42(55)38(25-37)28-53)27-43(56)32(3)23-35(6)47(58)40(29-54)46(57)34(5)22-30/h9-11,14-15,23,30,32-34,36-42,44-45,47,53-55,58,62H,12-13,16-22,24-29H2,1-8H3/b11-9+,14-10+,31-15+,35-23+/t30-,32-,33-,34+,36-,37+,38+,39+,40+,41+,42-,44-,45+,47-,51-/m1/s1. The van der Waals surface area contributed by atoms with Gasteiger partial charge < -0.3 is 44.6 Å². The van der Waals surface area contributed by atoms with E-state index in [1.165, 1.54) is 4.90 Å². The first-order valence-electron chi connectivity index (χ1n) is 24.1. The number of Topliss-reactive ketones (excluding diaryl/α,β-unsaturated/α-hetero) is 3. The molecule has 0 radical (unpaired) electrons. The van der Waals surface area contributed by atoms with Gasteiger partial charge in [-0.2, -0.15) is 0 Å². The average molecular weight is 914 g/mol. The Morgan fingerprint density at radius 1 is 0.877 bits per heavy atom. The van der Waals surface area contributed by atoms with E-state index in [0.29, 0.717) is 69.8 Å². The van der Waals surface area contributed by atoms with Gasteiger partial charge in [0, 0.05) is 56.8 Å². The predicted molar refractivity (Wildman–Crippen MR) is 245 cm³/mol. The Morgan fingerprint density at radius 2 is 1.60 bits per heavy atom. The number of hydrogen-bond donors (Lipinski definition) is 5. The number of amides is 1. The maximum atomic E-state index is 14.3. The van der Waals surface area contributed by atoms with Crippen molar-refractivity contribution in [1.82, 2.24) is 4.90 Å². The minimum Gasteiger partial charge on any atom is -0.460 e. The molecule has 0 aromatic heterocycles. The maximum Gasteiger partial charge on any atom is 0.329 e. The smallest absolute Gasteiger partial charge is 0.329 e. The molecule has 0 aromatic carbocycles. The molecule has 5 N–H and O–H groups in total. The van der Waals surface area contributed by atoms with E-state index in [9.17, 15) is 49.5 Å². The van der Waals surface area contributed by atoms with E-state index in [2.05, 4.69) is 0 Å². The molecule has 3 aliphatic heterocycles. The molecule has 14 heteroatoms. The number of carbonyl (C=O) groups excluding carboxylic acids is 5. The lowest BCUT2D eigenvalue weighted by atomic mass is 9.75. The molecule has 14 nitrogen and oxygen atoms in total. The molecule has 2 saturated heterocycles. The number of esters is 1. The third kappa shape index (κ3) is 14.3. The number of methoxy groups -OCH3 is 1. The molecule has 4 rings (SSSR count). The van der Waals surface area contributed by atoms with Crippen LogP contribution in [0.4, 0.5) is 0 Å². The second kappa shape index (κ2) is 25.1. The molecular formula is C51H79NO13. The highest BCUT2D eigenvalue weighted by Crippen LogP contribution is 2.38. The minimum atomic E-state index is -2.44. The summed E-state index contributed by atoms with van der Waals surface area (Å²) < 4.78 is 18.2. The highest BCUT2D eigenvalue weighted by molar-refractivity contribution is 6.39. The van der Waals surface area contributed by atoms with Gasteiger partial charge in [-0.25, -0.2) is 4.79 Å². The van der Waals surface area contributed by atoms with Crippen molar-refractivity contribution in [2.45, 2.75) is 168 Å². The zero-order chi connectivity index (χ0) is 48.2. The molecule has 366 valence electrons. The van der Waals surface area contributed by atoms with Crippen LogP contribution < -0.4 is 0 Å². The fourth-order valence-electron chi connectivity index (χ4n) is 10.3. The maximum absolute atomic E-state index is 14.3. The summed E-state index contributed by atoms with van der Waals surface area (Å²) in [6.07, 6.45) is 12.1. The molecule has 2 bridgehead atoms. The predicted octanol–water partition coefficient (Wildman–Crippen LogP) is 5.37. The first-order chi connectivity index (χ1) is 30.7. The summed E-state index contributed by atoms with van der Waals surface area (Å²) >= 11 is 0. The van der Waals surface area contributed by atoms with E-state index < -0.39 is 90.3 Å². The number of cyclic esters (lactones) is 1. The van der Waals surface area contributed by atoms with Gasteiger partial charge in [0.1, 0.15) is 23.7 Å². The van der Waals surface area contributed by atoms with Crippen molar-refractivity contribution in [2.24, 2.45) is 47.3 Å². The van der Waals surface area contributed by atoms with Crippen LogP contribution in [0.3, 0.4) is 0 Å². The number of rotatable bonds is 6. The molecule has 0 aromatic rings. The van der Waals surface area contributed by atoms with Crippen molar-refractivity contribution in [2.75, 3.05) is 26.9 Å². The van der Waals surface area contributed by atoms with Crippen molar-refractivity contribution < 1.29 is 63.7 Å². The molecule has 4 aliphatic rings. The number of ketones is 3. The van der Waals surface area contributed by atoms with Crippen LogP contribution in [0.15, 0.2) is 47.6 Å². The van der Waals surface area contributed by atoms with Crippen LogP contribution in [0.25, 0.3) is 0 Å². The second-order valence-corrected chi connectivity index (χ2v) is 19.9. The van der Waals surface area contributed by atoms with E-state index in [0.717, 1.165) is 5.57 Å². The molecule has 1 aliphatic carbocycles. The Kier molecular flexibility index (Phi) is 21.0. The Hall–Kier alpha value is -3.37. The first kappa shape index (κ1) is 54.2. The van der Waals surface area contributed by atoms with Crippen LogP contribution in [0.1, 0.15) is 126 Å². The number of carbonyl (C=O) groups is 5. The Bertz CT molecular complexity index is 1760. The van der Waals surface area contributed by atoms with Crippen molar-refractivity contribution in [3.63, 3.8) is 0 Å².